The Morgan fingerprint density at radius 3 is 1.32 bits per heavy atom. The van der Waals surface area contributed by atoms with Gasteiger partial charge in [-0.15, -0.1) is 0 Å². The van der Waals surface area contributed by atoms with Crippen molar-refractivity contribution in [1.82, 2.24) is 43.2 Å². The van der Waals surface area contributed by atoms with Crippen molar-refractivity contribution in [2.24, 2.45) is 0 Å². The fourth-order valence-electron chi connectivity index (χ4n) is 23.5. The standard InChI is InChI=1S/C46H29N3.C44H29N5.C37H26N2/c1-28-25-26-47-45-44-38-24-16-30-15-22-34(29-9-3-2-4-10-29)37-23-17-31(43(38)42(30)37)27-41(44)49(46(28)45)33-20-18-32(19-21-33)48-39-13-7-5-11-35(39)36-12-6-8-14-40(36)48;1-28-7-18-39-44(47-28)43-38-17-11-30-10-15-36(37-16-12-31(42(38)41(30)37)27-40(43)49(39)32-5-3-2-4-6-32)29-8-13-33(14-9-29)48(34-19-23-45-24-20-34)35-21-25-46-26-22-35;1-21-17-32-36(38-20-21)35-28-15-13-23-8-6-7-22-11-12-24(34(28)33(22)23)18-31(35)39(32)25-14-16-27-26-9-4-5-10-29(26)37(2,3)30(27)19-25/h2*2-27H,1H3;4-20H,1-3H3. The molecule has 0 spiro atoms. The van der Waals surface area contributed by atoms with E-state index in [1.54, 1.807) is 0 Å². The average Bonchev–Trinajstić information content (AvgIpc) is 1.57. The van der Waals surface area contributed by atoms with E-state index in [0.29, 0.717) is 0 Å². The Morgan fingerprint density at radius 2 is 0.693 bits per heavy atom. The summed E-state index contributed by atoms with van der Waals surface area (Å²) >= 11 is 0. The molecule has 0 fully saturated rings. The van der Waals surface area contributed by atoms with Gasteiger partial charge in [0.05, 0.1) is 60.7 Å². The van der Waals surface area contributed by atoms with E-state index < -0.39 is 0 Å². The molecule has 642 valence electrons. The number of anilines is 3. The van der Waals surface area contributed by atoms with E-state index in [9.17, 15) is 0 Å². The SMILES string of the molecule is Cc1ccc2c(n1)c1c3ccc4ccc(-c5ccc(N(c6ccncc6)c6ccncc6)cc5)c5ccc(cc1n2-c1ccccc1)c3c45.Cc1ccnc2c3c4ccc5ccc(-c6ccccc6)c6ccc(cc3n(-c3ccc(-n7c8ccccc8c8ccccc87)cc3)c12)c4c56.Cc1cnc2c3c4ccc5cccc6ccc(cc3n(-c3ccc7c(c3)C(C)(C)c3ccccc3-7)c2c1)c4c65. The zero-order valence-corrected chi connectivity index (χ0v) is 75.8. The number of hydrogen-bond donors (Lipinski definition) is 0. The molecule has 1 aliphatic carbocycles. The predicted octanol–water partition coefficient (Wildman–Crippen LogP) is 33.2. The average molecular weight is 1750 g/mol. The molecule has 0 unspecified atom stereocenters. The second-order valence-corrected chi connectivity index (χ2v) is 37.6. The van der Waals surface area contributed by atoms with Gasteiger partial charge < -0.3 is 23.2 Å². The van der Waals surface area contributed by atoms with Crippen molar-refractivity contribution in [3.8, 4) is 56.1 Å². The molecule has 0 saturated heterocycles. The van der Waals surface area contributed by atoms with Crippen molar-refractivity contribution in [2.75, 3.05) is 4.90 Å². The summed E-state index contributed by atoms with van der Waals surface area (Å²) in [5, 5.41) is 29.2. The van der Waals surface area contributed by atoms with Gasteiger partial charge in [-0.2, -0.15) is 0 Å². The number of hydrogen-bond acceptors (Lipinski definition) is 6. The molecule has 0 aliphatic heterocycles. The van der Waals surface area contributed by atoms with Crippen LogP contribution in [0, 0.1) is 20.8 Å². The normalized spacial score (nSPS) is 12.6. The highest BCUT2D eigenvalue weighted by Crippen LogP contribution is 2.53. The van der Waals surface area contributed by atoms with E-state index in [4.69, 9.17) is 15.0 Å². The van der Waals surface area contributed by atoms with Crippen molar-refractivity contribution in [3.63, 3.8) is 0 Å². The highest BCUT2D eigenvalue weighted by molar-refractivity contribution is 6.37. The summed E-state index contributed by atoms with van der Waals surface area (Å²) in [5.41, 5.74) is 34.1. The maximum absolute atomic E-state index is 5.13. The zero-order valence-electron chi connectivity index (χ0n) is 75.8. The smallest absolute Gasteiger partial charge is 0.0972 e. The number of rotatable bonds is 9. The lowest BCUT2D eigenvalue weighted by Gasteiger charge is -2.25. The first-order chi connectivity index (χ1) is 67.5. The lowest BCUT2D eigenvalue weighted by atomic mass is 9.82. The number of para-hydroxylation sites is 3. The number of pyridine rings is 5. The fourth-order valence-corrected chi connectivity index (χ4v) is 23.5. The van der Waals surface area contributed by atoms with Crippen molar-refractivity contribution in [3.05, 3.63) is 447 Å². The quantitative estimate of drug-likeness (QED) is 0.134. The van der Waals surface area contributed by atoms with Crippen molar-refractivity contribution in [1.29, 1.82) is 0 Å². The summed E-state index contributed by atoms with van der Waals surface area (Å²) in [6.07, 6.45) is 11.3. The Morgan fingerprint density at radius 1 is 0.248 bits per heavy atom. The Kier molecular flexibility index (Phi) is 17.0. The maximum Gasteiger partial charge on any atom is 0.0972 e. The molecule has 0 N–H and O–H groups in total. The van der Waals surface area contributed by atoms with Gasteiger partial charge in [-0.05, 0) is 313 Å². The zero-order chi connectivity index (χ0) is 90.7. The molecule has 30 rings (SSSR count). The molecule has 20 aromatic carbocycles. The highest BCUT2D eigenvalue weighted by Gasteiger charge is 2.36. The molecule has 9 aromatic heterocycles. The van der Waals surface area contributed by atoms with E-state index in [2.05, 4.69) is 426 Å². The van der Waals surface area contributed by atoms with Crippen molar-refractivity contribution < 1.29 is 0 Å². The molecular formula is C127H84N10. The van der Waals surface area contributed by atoms with Crippen LogP contribution < -0.4 is 4.90 Å². The summed E-state index contributed by atoms with van der Waals surface area (Å²) in [5.74, 6) is 0. The minimum absolute atomic E-state index is 0.0500. The van der Waals surface area contributed by atoms with Crippen LogP contribution in [0.3, 0.4) is 0 Å². The summed E-state index contributed by atoms with van der Waals surface area (Å²) in [6, 6.07) is 140. The minimum Gasteiger partial charge on any atom is -0.310 e. The molecule has 9 heterocycles. The van der Waals surface area contributed by atoms with Gasteiger partial charge in [-0.25, -0.2) is 0 Å². The third-order valence-electron chi connectivity index (χ3n) is 29.6. The van der Waals surface area contributed by atoms with E-state index >= 15 is 0 Å². The lowest BCUT2D eigenvalue weighted by Crippen LogP contribution is -2.15. The number of fused-ring (bicyclic) bond motifs is 18. The Balaban J connectivity index is 0.000000102. The number of aromatic nitrogens is 9. The molecular weight excluding hydrogens is 1670 g/mol. The molecule has 137 heavy (non-hydrogen) atoms. The molecule has 10 heteroatoms. The second kappa shape index (κ2) is 29.9. The number of nitrogens with zero attached hydrogens (tertiary/aromatic N) is 10. The van der Waals surface area contributed by atoms with Gasteiger partial charge in [0.2, 0.25) is 0 Å². The molecule has 0 bridgehead atoms. The molecule has 10 nitrogen and oxygen atoms in total. The second-order valence-electron chi connectivity index (χ2n) is 37.6. The van der Waals surface area contributed by atoms with Crippen LogP contribution in [0.4, 0.5) is 17.1 Å². The third-order valence-corrected chi connectivity index (χ3v) is 29.6. The first-order valence-electron chi connectivity index (χ1n) is 47.1. The molecule has 1 aliphatic rings. The first-order valence-corrected chi connectivity index (χ1v) is 47.1. The van der Waals surface area contributed by atoms with Gasteiger partial charge in [0, 0.05) is 115 Å². The van der Waals surface area contributed by atoms with E-state index in [1.165, 1.54) is 213 Å². The van der Waals surface area contributed by atoms with Crippen molar-refractivity contribution >= 4 is 202 Å². The Bertz CT molecular complexity index is 9920. The van der Waals surface area contributed by atoms with Crippen LogP contribution in [0.5, 0.6) is 0 Å². The molecule has 0 amide bonds. The Labute approximate surface area is 787 Å². The van der Waals surface area contributed by atoms with Gasteiger partial charge in [0.1, 0.15) is 0 Å². The summed E-state index contributed by atoms with van der Waals surface area (Å²) in [6.45, 7) is 11.1. The van der Waals surface area contributed by atoms with Crippen LogP contribution in [-0.4, -0.2) is 43.2 Å². The van der Waals surface area contributed by atoms with Crippen LogP contribution in [0.25, 0.3) is 241 Å². The molecule has 29 aromatic rings. The molecule has 0 atom stereocenters. The van der Waals surface area contributed by atoms with Gasteiger partial charge >= 0.3 is 0 Å². The van der Waals surface area contributed by atoms with Crippen LogP contribution in [0.2, 0.25) is 0 Å². The predicted molar refractivity (Wildman–Crippen MR) is 574 cm³/mol. The van der Waals surface area contributed by atoms with Crippen LogP contribution in [0.1, 0.15) is 41.8 Å². The maximum atomic E-state index is 5.13. The minimum atomic E-state index is -0.0500. The van der Waals surface area contributed by atoms with Crippen molar-refractivity contribution in [2.45, 2.75) is 40.0 Å². The van der Waals surface area contributed by atoms with Crippen LogP contribution >= 0.6 is 0 Å². The fraction of sp³-hybridized carbons (Fsp3) is 0.0472. The molecule has 0 radical (unpaired) electrons. The molecule has 0 saturated carbocycles. The van der Waals surface area contributed by atoms with Crippen LogP contribution in [0.15, 0.2) is 419 Å². The van der Waals surface area contributed by atoms with Gasteiger partial charge in [-0.3, -0.25) is 24.9 Å². The van der Waals surface area contributed by atoms with E-state index in [-0.39, 0.29) is 5.41 Å². The Hall–Kier alpha value is -17.7. The van der Waals surface area contributed by atoms with E-state index in [0.717, 1.165) is 72.9 Å². The highest BCUT2D eigenvalue weighted by atomic mass is 15.1. The lowest BCUT2D eigenvalue weighted by molar-refractivity contribution is 0.660. The summed E-state index contributed by atoms with van der Waals surface area (Å²) < 4.78 is 9.60. The number of aryl methyl sites for hydroxylation is 3. The van der Waals surface area contributed by atoms with E-state index in [1.807, 2.05) is 61.4 Å². The van der Waals surface area contributed by atoms with Crippen LogP contribution in [-0.2, 0) is 5.41 Å². The first kappa shape index (κ1) is 78.0. The van der Waals surface area contributed by atoms with Gasteiger partial charge in [0.15, 0.2) is 0 Å². The number of benzene rings is 20. The van der Waals surface area contributed by atoms with Gasteiger partial charge in [0.25, 0.3) is 0 Å². The monoisotopic (exact) mass is 1750 g/mol. The summed E-state index contributed by atoms with van der Waals surface area (Å²) in [4.78, 5) is 26.0. The largest absolute Gasteiger partial charge is 0.310 e. The topological polar surface area (TPSA) is 87.4 Å². The summed E-state index contributed by atoms with van der Waals surface area (Å²) in [7, 11) is 0. The third kappa shape index (κ3) is 11.7. The van der Waals surface area contributed by atoms with Gasteiger partial charge in [-0.1, -0.05) is 257 Å².